The van der Waals surface area contributed by atoms with Crippen molar-refractivity contribution in [2.75, 3.05) is 38.9 Å². The summed E-state index contributed by atoms with van der Waals surface area (Å²) in [4.78, 5) is 19.3. The third-order valence-corrected chi connectivity index (χ3v) is 4.13. The summed E-state index contributed by atoms with van der Waals surface area (Å²) in [6, 6.07) is 5.75. The van der Waals surface area contributed by atoms with Crippen LogP contribution in [0.1, 0.15) is 23.6 Å². The molecule has 0 aliphatic carbocycles. The van der Waals surface area contributed by atoms with Gasteiger partial charge in [0.05, 0.1) is 31.8 Å². The number of methoxy groups -OCH3 is 1. The lowest BCUT2D eigenvalue weighted by Gasteiger charge is -2.26. The van der Waals surface area contributed by atoms with Crippen molar-refractivity contribution in [3.63, 3.8) is 0 Å². The highest BCUT2D eigenvalue weighted by molar-refractivity contribution is 5.91. The number of nitrogens with one attached hydrogen (secondary N) is 2. The lowest BCUT2D eigenvalue weighted by molar-refractivity contribution is -0.121. The fourth-order valence-electron chi connectivity index (χ4n) is 2.91. The Morgan fingerprint density at radius 2 is 2.36 bits per heavy atom. The van der Waals surface area contributed by atoms with Gasteiger partial charge in [-0.3, -0.25) is 4.79 Å². The van der Waals surface area contributed by atoms with Crippen LogP contribution in [0.5, 0.6) is 5.75 Å². The molecule has 1 atom stereocenters. The molecular formula is C18H23N3O4. The van der Waals surface area contributed by atoms with Crippen LogP contribution in [0.15, 0.2) is 30.7 Å². The summed E-state index contributed by atoms with van der Waals surface area (Å²) >= 11 is 0. The Hall–Kier alpha value is -2.38. The van der Waals surface area contributed by atoms with E-state index < -0.39 is 0 Å². The van der Waals surface area contributed by atoms with Gasteiger partial charge >= 0.3 is 0 Å². The molecule has 1 aromatic carbocycles. The Morgan fingerprint density at radius 1 is 1.44 bits per heavy atom. The molecule has 0 fully saturated rings. The highest BCUT2D eigenvalue weighted by atomic mass is 16.5. The Labute approximate surface area is 146 Å². The number of hydrogen-bond donors (Lipinski definition) is 2. The largest absolute Gasteiger partial charge is 0.493 e. The molecular weight excluding hydrogens is 322 g/mol. The molecule has 2 aromatic rings. The van der Waals surface area contributed by atoms with Crippen molar-refractivity contribution in [1.82, 2.24) is 9.97 Å². The number of benzene rings is 1. The minimum absolute atomic E-state index is 0.00758. The Bertz CT molecular complexity index is 688. The predicted molar refractivity (Wildman–Crippen MR) is 92.9 cm³/mol. The van der Waals surface area contributed by atoms with E-state index in [0.717, 1.165) is 35.5 Å². The number of imidazole rings is 1. The van der Waals surface area contributed by atoms with Crippen molar-refractivity contribution in [3.05, 3.63) is 42.0 Å². The number of aromatic nitrogens is 2. The molecule has 1 unspecified atom stereocenters. The van der Waals surface area contributed by atoms with E-state index in [1.807, 2.05) is 24.4 Å². The number of fused-ring (bicyclic) bond motifs is 1. The number of carbonyl (C=O) groups excluding carboxylic acids is 1. The maximum absolute atomic E-state index is 12.0. The minimum Gasteiger partial charge on any atom is -0.493 e. The van der Waals surface area contributed by atoms with Gasteiger partial charge in [0.2, 0.25) is 5.91 Å². The number of carbonyl (C=O) groups is 1. The summed E-state index contributed by atoms with van der Waals surface area (Å²) in [5, 5.41) is 2.87. The van der Waals surface area contributed by atoms with Gasteiger partial charge in [0.25, 0.3) is 0 Å². The molecule has 2 heterocycles. The Balaban J connectivity index is 1.64. The van der Waals surface area contributed by atoms with Crippen LogP contribution < -0.4 is 10.1 Å². The quantitative estimate of drug-likeness (QED) is 0.716. The summed E-state index contributed by atoms with van der Waals surface area (Å²) in [6.07, 6.45) is 5.38. The lowest BCUT2D eigenvalue weighted by Crippen LogP contribution is -2.21. The van der Waals surface area contributed by atoms with E-state index in [-0.39, 0.29) is 12.5 Å². The molecule has 7 nitrogen and oxygen atoms in total. The normalized spacial score (nSPS) is 16.1. The van der Waals surface area contributed by atoms with Crippen molar-refractivity contribution >= 4 is 11.6 Å². The number of anilines is 1. The van der Waals surface area contributed by atoms with Crippen LogP contribution in [-0.4, -0.2) is 49.4 Å². The molecule has 0 spiro atoms. The maximum Gasteiger partial charge on any atom is 0.250 e. The van der Waals surface area contributed by atoms with Crippen LogP contribution in [0.3, 0.4) is 0 Å². The SMILES string of the molecule is COCCOCC(=O)Nc1ccc2c(c1)C(Cc1c[nH]cn1)CCO2. The summed E-state index contributed by atoms with van der Waals surface area (Å²) < 4.78 is 15.9. The number of amides is 1. The number of ether oxygens (including phenoxy) is 3. The van der Waals surface area contributed by atoms with Gasteiger partial charge in [-0.05, 0) is 42.5 Å². The summed E-state index contributed by atoms with van der Waals surface area (Å²) in [5.74, 6) is 1.01. The molecule has 0 radical (unpaired) electrons. The second kappa shape index (κ2) is 8.64. The molecule has 3 rings (SSSR count). The molecule has 1 amide bonds. The standard InChI is InChI=1S/C18H23N3O4/c1-23-6-7-24-11-18(22)21-14-2-3-17-16(9-14)13(4-5-25-17)8-15-10-19-12-20-15/h2-3,9-10,12-13H,4-8,11H2,1H3,(H,19,20)(H,21,22). The number of hydrogen-bond acceptors (Lipinski definition) is 5. The number of nitrogens with zero attached hydrogens (tertiary/aromatic N) is 1. The zero-order valence-electron chi connectivity index (χ0n) is 14.3. The van der Waals surface area contributed by atoms with Crippen LogP contribution in [-0.2, 0) is 20.7 Å². The molecule has 0 saturated carbocycles. The molecule has 134 valence electrons. The molecule has 1 aliphatic rings. The van der Waals surface area contributed by atoms with E-state index in [0.29, 0.717) is 25.7 Å². The fourth-order valence-corrected chi connectivity index (χ4v) is 2.91. The molecule has 0 bridgehead atoms. The maximum atomic E-state index is 12.0. The third-order valence-electron chi connectivity index (χ3n) is 4.13. The molecule has 1 aromatic heterocycles. The van der Waals surface area contributed by atoms with Crippen LogP contribution in [0.2, 0.25) is 0 Å². The second-order valence-corrected chi connectivity index (χ2v) is 5.94. The Kier molecular flexibility index (Phi) is 6.03. The van der Waals surface area contributed by atoms with Crippen molar-refractivity contribution in [2.45, 2.75) is 18.8 Å². The van der Waals surface area contributed by atoms with Crippen molar-refractivity contribution in [3.8, 4) is 5.75 Å². The lowest BCUT2D eigenvalue weighted by atomic mass is 9.89. The van der Waals surface area contributed by atoms with Gasteiger partial charge in [-0.1, -0.05) is 0 Å². The van der Waals surface area contributed by atoms with Crippen LogP contribution >= 0.6 is 0 Å². The number of H-pyrrole nitrogens is 1. The first-order valence-corrected chi connectivity index (χ1v) is 8.37. The second-order valence-electron chi connectivity index (χ2n) is 5.94. The smallest absolute Gasteiger partial charge is 0.250 e. The van der Waals surface area contributed by atoms with E-state index in [2.05, 4.69) is 15.3 Å². The molecule has 1 aliphatic heterocycles. The average Bonchev–Trinajstić information content (AvgIpc) is 3.12. The van der Waals surface area contributed by atoms with Crippen LogP contribution in [0.25, 0.3) is 0 Å². The Morgan fingerprint density at radius 3 is 3.16 bits per heavy atom. The van der Waals surface area contributed by atoms with Gasteiger partial charge in [-0.15, -0.1) is 0 Å². The zero-order chi connectivity index (χ0) is 17.5. The molecule has 0 saturated heterocycles. The predicted octanol–water partition coefficient (Wildman–Crippen LogP) is 2.12. The van der Waals surface area contributed by atoms with Crippen LogP contribution in [0, 0.1) is 0 Å². The van der Waals surface area contributed by atoms with E-state index in [1.54, 1.807) is 13.4 Å². The minimum atomic E-state index is -0.184. The first kappa shape index (κ1) is 17.4. The molecule has 25 heavy (non-hydrogen) atoms. The average molecular weight is 345 g/mol. The first-order valence-electron chi connectivity index (χ1n) is 8.37. The van der Waals surface area contributed by atoms with Gasteiger partial charge in [-0.25, -0.2) is 4.98 Å². The number of rotatable bonds is 8. The van der Waals surface area contributed by atoms with E-state index in [4.69, 9.17) is 14.2 Å². The highest BCUT2D eigenvalue weighted by Gasteiger charge is 2.23. The van der Waals surface area contributed by atoms with Crippen molar-refractivity contribution in [1.29, 1.82) is 0 Å². The monoisotopic (exact) mass is 345 g/mol. The third kappa shape index (κ3) is 4.80. The van der Waals surface area contributed by atoms with Gasteiger partial charge in [-0.2, -0.15) is 0 Å². The van der Waals surface area contributed by atoms with Crippen LogP contribution in [0.4, 0.5) is 5.69 Å². The highest BCUT2D eigenvalue weighted by Crippen LogP contribution is 2.37. The van der Waals surface area contributed by atoms with Gasteiger partial charge < -0.3 is 24.5 Å². The summed E-state index contributed by atoms with van der Waals surface area (Å²) in [6.45, 7) is 1.57. The topological polar surface area (TPSA) is 85.5 Å². The number of aromatic amines is 1. The zero-order valence-corrected chi connectivity index (χ0v) is 14.3. The first-order chi connectivity index (χ1) is 12.3. The van der Waals surface area contributed by atoms with Gasteiger partial charge in [0.1, 0.15) is 12.4 Å². The van der Waals surface area contributed by atoms with E-state index >= 15 is 0 Å². The molecule has 7 heteroatoms. The van der Waals surface area contributed by atoms with Crippen molar-refractivity contribution < 1.29 is 19.0 Å². The van der Waals surface area contributed by atoms with E-state index in [9.17, 15) is 4.79 Å². The van der Waals surface area contributed by atoms with Crippen molar-refractivity contribution in [2.24, 2.45) is 0 Å². The summed E-state index contributed by atoms with van der Waals surface area (Å²) in [7, 11) is 1.60. The summed E-state index contributed by atoms with van der Waals surface area (Å²) in [5.41, 5.74) is 2.88. The fraction of sp³-hybridized carbons (Fsp3) is 0.444. The van der Waals surface area contributed by atoms with E-state index in [1.165, 1.54) is 0 Å². The van der Waals surface area contributed by atoms with Gasteiger partial charge in [0.15, 0.2) is 0 Å². The molecule has 2 N–H and O–H groups in total. The van der Waals surface area contributed by atoms with Gasteiger partial charge in [0, 0.05) is 19.0 Å².